The lowest BCUT2D eigenvalue weighted by Gasteiger charge is -2.37. The van der Waals surface area contributed by atoms with E-state index in [0.29, 0.717) is 5.52 Å². The Morgan fingerprint density at radius 2 is 2.21 bits per heavy atom. The minimum Gasteiger partial charge on any atom is -0.328 e. The van der Waals surface area contributed by atoms with Gasteiger partial charge >= 0.3 is 0 Å². The van der Waals surface area contributed by atoms with Gasteiger partial charge in [-0.3, -0.25) is 0 Å². The molecule has 0 amide bonds. The normalized spacial score (nSPS) is 17.6. The second-order valence-electron chi connectivity index (χ2n) is 5.68. The number of hydrogen-bond acceptors (Lipinski definition) is 2. The number of benzene rings is 1. The Hall–Kier alpha value is -1.42. The van der Waals surface area contributed by atoms with Gasteiger partial charge in [0.05, 0.1) is 5.52 Å². The Morgan fingerprint density at radius 1 is 1.42 bits per heavy atom. The van der Waals surface area contributed by atoms with Crippen LogP contribution in [0.5, 0.6) is 0 Å². The van der Waals surface area contributed by atoms with Crippen molar-refractivity contribution in [2.24, 2.45) is 5.73 Å². The van der Waals surface area contributed by atoms with Crippen LogP contribution < -0.4 is 5.73 Å². The van der Waals surface area contributed by atoms with Crippen molar-refractivity contribution < 1.29 is 4.39 Å². The highest BCUT2D eigenvalue weighted by molar-refractivity contribution is 5.76. The van der Waals surface area contributed by atoms with Crippen LogP contribution in [-0.2, 0) is 13.0 Å². The molecule has 102 valence electrons. The molecular weight excluding hydrogens is 241 g/mol. The molecule has 0 aliphatic heterocycles. The van der Waals surface area contributed by atoms with Crippen molar-refractivity contribution in [2.45, 2.75) is 51.1 Å². The smallest absolute Gasteiger partial charge is 0.151 e. The Balaban J connectivity index is 2.06. The van der Waals surface area contributed by atoms with Gasteiger partial charge in [0.15, 0.2) is 5.82 Å². The molecule has 1 aromatic carbocycles. The summed E-state index contributed by atoms with van der Waals surface area (Å²) in [6, 6.07) is 5.16. The van der Waals surface area contributed by atoms with Crippen LogP contribution in [0.4, 0.5) is 4.39 Å². The molecule has 1 fully saturated rings. The minimum absolute atomic E-state index is 0.122. The van der Waals surface area contributed by atoms with Gasteiger partial charge in [0.25, 0.3) is 0 Å². The van der Waals surface area contributed by atoms with Crippen molar-refractivity contribution >= 4 is 11.0 Å². The average Bonchev–Trinajstić information content (AvgIpc) is 2.68. The van der Waals surface area contributed by atoms with E-state index in [1.54, 1.807) is 6.07 Å². The van der Waals surface area contributed by atoms with Gasteiger partial charge in [-0.1, -0.05) is 13.0 Å². The van der Waals surface area contributed by atoms with E-state index in [4.69, 9.17) is 5.73 Å². The van der Waals surface area contributed by atoms with Crippen LogP contribution in [0.2, 0.25) is 0 Å². The predicted molar refractivity (Wildman–Crippen MR) is 74.5 cm³/mol. The maximum atomic E-state index is 13.8. The number of fused-ring (bicyclic) bond motifs is 1. The molecule has 0 atom stereocenters. The molecule has 2 aromatic rings. The zero-order chi connectivity index (χ0) is 13.5. The van der Waals surface area contributed by atoms with Gasteiger partial charge in [0, 0.05) is 18.5 Å². The topological polar surface area (TPSA) is 43.8 Å². The summed E-state index contributed by atoms with van der Waals surface area (Å²) in [7, 11) is 0. The van der Waals surface area contributed by atoms with Gasteiger partial charge in [-0.15, -0.1) is 0 Å². The molecule has 0 spiro atoms. The van der Waals surface area contributed by atoms with Crippen LogP contribution in [0.3, 0.4) is 0 Å². The molecule has 2 N–H and O–H groups in total. The maximum Gasteiger partial charge on any atom is 0.151 e. The van der Waals surface area contributed by atoms with Crippen molar-refractivity contribution in [2.75, 3.05) is 0 Å². The highest BCUT2D eigenvalue weighted by Gasteiger charge is 2.34. The van der Waals surface area contributed by atoms with Crippen LogP contribution >= 0.6 is 0 Å². The third-order valence-electron chi connectivity index (χ3n) is 4.12. The third-order valence-corrected chi connectivity index (χ3v) is 4.12. The average molecular weight is 261 g/mol. The number of para-hydroxylation sites is 1. The third kappa shape index (κ3) is 2.14. The molecule has 0 saturated heterocycles. The summed E-state index contributed by atoms with van der Waals surface area (Å²) in [6.07, 6.45) is 5.04. The summed E-state index contributed by atoms with van der Waals surface area (Å²) in [4.78, 5) is 4.51. The van der Waals surface area contributed by atoms with Crippen LogP contribution in [0.1, 0.15) is 38.4 Å². The van der Waals surface area contributed by atoms with Crippen LogP contribution in [0, 0.1) is 5.82 Å². The molecule has 1 aliphatic rings. The predicted octanol–water partition coefficient (Wildman–Crippen LogP) is 3.01. The fourth-order valence-corrected chi connectivity index (χ4v) is 2.89. The van der Waals surface area contributed by atoms with E-state index in [0.717, 1.165) is 43.6 Å². The summed E-state index contributed by atoms with van der Waals surface area (Å²) in [5.41, 5.74) is 7.56. The molecule has 0 bridgehead atoms. The van der Waals surface area contributed by atoms with E-state index in [1.165, 1.54) is 12.5 Å². The molecule has 1 aromatic heterocycles. The van der Waals surface area contributed by atoms with Crippen LogP contribution in [0.15, 0.2) is 18.2 Å². The molecule has 3 nitrogen and oxygen atoms in total. The fraction of sp³-hybridized carbons (Fsp3) is 0.533. The zero-order valence-corrected chi connectivity index (χ0v) is 11.3. The molecule has 0 unspecified atom stereocenters. The first-order valence-corrected chi connectivity index (χ1v) is 7.05. The number of aryl methyl sites for hydroxylation is 1. The molecule has 1 heterocycles. The first kappa shape index (κ1) is 12.6. The molecule has 0 radical (unpaired) electrons. The summed E-state index contributed by atoms with van der Waals surface area (Å²) in [5, 5.41) is 0. The fourth-order valence-electron chi connectivity index (χ4n) is 2.89. The van der Waals surface area contributed by atoms with Crippen LogP contribution in [-0.4, -0.2) is 15.1 Å². The number of halogens is 1. The van der Waals surface area contributed by atoms with E-state index >= 15 is 0 Å². The summed E-state index contributed by atoms with van der Waals surface area (Å²) < 4.78 is 16.0. The molecule has 4 heteroatoms. The lowest BCUT2D eigenvalue weighted by molar-refractivity contribution is 0.241. The lowest BCUT2D eigenvalue weighted by Crippen LogP contribution is -2.48. The second-order valence-corrected chi connectivity index (χ2v) is 5.68. The first-order valence-electron chi connectivity index (χ1n) is 7.05. The number of hydrogen-bond donors (Lipinski definition) is 1. The van der Waals surface area contributed by atoms with Gasteiger partial charge < -0.3 is 10.3 Å². The minimum atomic E-state index is -0.242. The standard InChI is InChI=1S/C15H20FN3/c1-2-9-19-12-6-3-5-11(16)14(12)18-13(19)10-15(17)7-4-8-15/h3,5-6H,2,4,7-10,17H2,1H3. The molecule has 1 aliphatic carbocycles. The highest BCUT2D eigenvalue weighted by Crippen LogP contribution is 2.33. The number of imidazole rings is 1. The number of nitrogens with two attached hydrogens (primary N) is 1. The Labute approximate surface area is 112 Å². The van der Waals surface area contributed by atoms with E-state index < -0.39 is 0 Å². The molecule has 3 rings (SSSR count). The maximum absolute atomic E-state index is 13.8. The van der Waals surface area contributed by atoms with Crippen molar-refractivity contribution in [3.8, 4) is 0 Å². The van der Waals surface area contributed by atoms with Crippen molar-refractivity contribution in [1.82, 2.24) is 9.55 Å². The molecule has 1 saturated carbocycles. The van der Waals surface area contributed by atoms with Gasteiger partial charge in [0.1, 0.15) is 11.3 Å². The van der Waals surface area contributed by atoms with Gasteiger partial charge in [-0.2, -0.15) is 0 Å². The van der Waals surface area contributed by atoms with Crippen molar-refractivity contribution in [3.05, 3.63) is 29.8 Å². The van der Waals surface area contributed by atoms with Crippen molar-refractivity contribution in [1.29, 1.82) is 0 Å². The van der Waals surface area contributed by atoms with Crippen molar-refractivity contribution in [3.63, 3.8) is 0 Å². The largest absolute Gasteiger partial charge is 0.328 e. The van der Waals surface area contributed by atoms with Gasteiger partial charge in [0.2, 0.25) is 0 Å². The van der Waals surface area contributed by atoms with Crippen LogP contribution in [0.25, 0.3) is 11.0 Å². The summed E-state index contributed by atoms with van der Waals surface area (Å²) in [6.45, 7) is 2.99. The Morgan fingerprint density at radius 3 is 2.84 bits per heavy atom. The summed E-state index contributed by atoms with van der Waals surface area (Å²) in [5.74, 6) is 0.692. The Kier molecular flexibility index (Phi) is 3.05. The summed E-state index contributed by atoms with van der Waals surface area (Å²) >= 11 is 0. The van der Waals surface area contributed by atoms with Gasteiger partial charge in [-0.25, -0.2) is 9.37 Å². The van der Waals surface area contributed by atoms with E-state index in [2.05, 4.69) is 16.5 Å². The SMILES string of the molecule is CCCn1c(CC2(N)CCC2)nc2c(F)cccc21. The second kappa shape index (κ2) is 4.60. The van der Waals surface area contributed by atoms with Gasteiger partial charge in [-0.05, 0) is 37.8 Å². The number of aromatic nitrogens is 2. The molecular formula is C15H20FN3. The molecule has 19 heavy (non-hydrogen) atoms. The lowest BCUT2D eigenvalue weighted by atomic mass is 9.75. The van der Waals surface area contributed by atoms with E-state index in [9.17, 15) is 4.39 Å². The number of rotatable bonds is 4. The quantitative estimate of drug-likeness (QED) is 0.919. The highest BCUT2D eigenvalue weighted by atomic mass is 19.1. The van der Waals surface area contributed by atoms with E-state index in [1.807, 2.05) is 6.07 Å². The Bertz CT molecular complexity index is 599. The first-order chi connectivity index (χ1) is 9.13. The number of nitrogens with zero attached hydrogens (tertiary/aromatic N) is 2. The monoisotopic (exact) mass is 261 g/mol. The zero-order valence-electron chi connectivity index (χ0n) is 11.3. The van der Waals surface area contributed by atoms with E-state index in [-0.39, 0.29) is 11.4 Å².